The van der Waals surface area contributed by atoms with E-state index in [0.717, 1.165) is 12.3 Å². The Kier molecular flexibility index (Phi) is 3.90. The molecule has 3 nitrogen and oxygen atoms in total. The summed E-state index contributed by atoms with van der Waals surface area (Å²) >= 11 is 0. The van der Waals surface area contributed by atoms with Gasteiger partial charge < -0.3 is 10.2 Å². The second kappa shape index (κ2) is 5.44. The van der Waals surface area contributed by atoms with Crippen molar-refractivity contribution in [1.29, 1.82) is 0 Å². The van der Waals surface area contributed by atoms with E-state index in [0.29, 0.717) is 18.6 Å². The summed E-state index contributed by atoms with van der Waals surface area (Å²) in [5.74, 6) is 0.702. The summed E-state index contributed by atoms with van der Waals surface area (Å²) in [5, 5.41) is 0. The molecule has 0 fully saturated rings. The van der Waals surface area contributed by atoms with Crippen molar-refractivity contribution in [3.8, 4) is 0 Å². The van der Waals surface area contributed by atoms with Gasteiger partial charge in [-0.3, -0.25) is 4.98 Å². The fraction of sp³-hybridized carbons (Fsp3) is 0.308. The van der Waals surface area contributed by atoms with Gasteiger partial charge in [-0.05, 0) is 30.2 Å². The third kappa shape index (κ3) is 3.35. The zero-order chi connectivity index (χ0) is 13.9. The number of nitrogens with zero attached hydrogens (tertiary/aromatic N) is 1. The van der Waals surface area contributed by atoms with Crippen LogP contribution < -0.4 is 5.73 Å². The molecule has 1 unspecified atom stereocenters. The highest BCUT2D eigenvalue weighted by Gasteiger charge is 2.34. The molecule has 0 aliphatic heterocycles. The van der Waals surface area contributed by atoms with E-state index in [9.17, 15) is 13.2 Å². The number of rotatable bonds is 4. The summed E-state index contributed by atoms with van der Waals surface area (Å²) in [5.41, 5.74) is 5.12. The van der Waals surface area contributed by atoms with Crippen molar-refractivity contribution in [2.24, 2.45) is 5.73 Å². The average molecular weight is 270 g/mol. The van der Waals surface area contributed by atoms with E-state index in [1.807, 2.05) is 0 Å². The lowest BCUT2D eigenvalue weighted by Crippen LogP contribution is -2.18. The summed E-state index contributed by atoms with van der Waals surface area (Å²) in [7, 11) is 0. The Balaban J connectivity index is 2.12. The maximum atomic E-state index is 12.8. The van der Waals surface area contributed by atoms with E-state index < -0.39 is 17.8 Å². The first kappa shape index (κ1) is 13.6. The van der Waals surface area contributed by atoms with E-state index in [4.69, 9.17) is 10.2 Å². The van der Waals surface area contributed by atoms with Gasteiger partial charge in [-0.1, -0.05) is 0 Å². The van der Waals surface area contributed by atoms with Gasteiger partial charge in [-0.25, -0.2) is 0 Å². The molecule has 2 heterocycles. The summed E-state index contributed by atoms with van der Waals surface area (Å²) in [4.78, 5) is 3.72. The zero-order valence-corrected chi connectivity index (χ0v) is 10.0. The molecule has 0 aromatic carbocycles. The number of halogens is 3. The third-order valence-electron chi connectivity index (χ3n) is 2.84. The molecule has 6 heteroatoms. The summed E-state index contributed by atoms with van der Waals surface area (Å²) in [6.07, 6.45) is 0.247. The van der Waals surface area contributed by atoms with E-state index in [1.54, 1.807) is 12.1 Å². The van der Waals surface area contributed by atoms with Crippen LogP contribution in [0.4, 0.5) is 13.2 Å². The average Bonchev–Trinajstić information content (AvgIpc) is 2.88. The molecule has 2 rings (SSSR count). The van der Waals surface area contributed by atoms with Crippen LogP contribution in [0.15, 0.2) is 41.3 Å². The first-order valence-electron chi connectivity index (χ1n) is 5.77. The molecule has 0 aliphatic carbocycles. The molecular formula is C13H13F3N2O. The molecule has 2 N–H and O–H groups in total. The SMILES string of the molecule is NC(CCc1ccco1)c1cnccc1C(F)(F)F. The molecule has 0 spiro atoms. The van der Waals surface area contributed by atoms with Crippen LogP contribution in [0.2, 0.25) is 0 Å². The van der Waals surface area contributed by atoms with Gasteiger partial charge in [0, 0.05) is 24.9 Å². The highest BCUT2D eigenvalue weighted by molar-refractivity contribution is 5.29. The Morgan fingerprint density at radius 1 is 1.32 bits per heavy atom. The van der Waals surface area contributed by atoms with E-state index in [1.165, 1.54) is 12.5 Å². The van der Waals surface area contributed by atoms with Gasteiger partial charge in [0.1, 0.15) is 5.76 Å². The minimum atomic E-state index is -4.42. The predicted molar refractivity (Wildman–Crippen MR) is 63.2 cm³/mol. The monoisotopic (exact) mass is 270 g/mol. The minimum absolute atomic E-state index is 0.0153. The van der Waals surface area contributed by atoms with Crippen LogP contribution >= 0.6 is 0 Å². The van der Waals surface area contributed by atoms with Gasteiger partial charge in [-0.15, -0.1) is 0 Å². The second-order valence-corrected chi connectivity index (χ2v) is 4.19. The van der Waals surface area contributed by atoms with E-state index in [2.05, 4.69) is 4.98 Å². The molecule has 0 saturated carbocycles. The van der Waals surface area contributed by atoms with Crippen molar-refractivity contribution >= 4 is 0 Å². The fourth-order valence-corrected chi connectivity index (χ4v) is 1.87. The number of aromatic nitrogens is 1. The molecule has 2 aromatic heterocycles. The number of furan rings is 1. The van der Waals surface area contributed by atoms with Gasteiger partial charge in [0.05, 0.1) is 11.8 Å². The largest absolute Gasteiger partial charge is 0.469 e. The number of aryl methyl sites for hydroxylation is 1. The van der Waals surface area contributed by atoms with Crippen LogP contribution in [0.25, 0.3) is 0 Å². The van der Waals surface area contributed by atoms with Gasteiger partial charge in [0.25, 0.3) is 0 Å². The minimum Gasteiger partial charge on any atom is -0.469 e. The van der Waals surface area contributed by atoms with Crippen molar-refractivity contribution in [3.63, 3.8) is 0 Å². The highest BCUT2D eigenvalue weighted by atomic mass is 19.4. The maximum Gasteiger partial charge on any atom is 0.416 e. The molecule has 0 aliphatic rings. The third-order valence-corrected chi connectivity index (χ3v) is 2.84. The number of alkyl halides is 3. The molecule has 0 radical (unpaired) electrons. The van der Waals surface area contributed by atoms with Crippen LogP contribution in [0.1, 0.15) is 29.3 Å². The quantitative estimate of drug-likeness (QED) is 0.927. The van der Waals surface area contributed by atoms with Crippen LogP contribution in [-0.2, 0) is 12.6 Å². The van der Waals surface area contributed by atoms with Crippen LogP contribution in [0, 0.1) is 0 Å². The number of nitrogens with two attached hydrogens (primary N) is 1. The van der Waals surface area contributed by atoms with Crippen LogP contribution in [0.5, 0.6) is 0 Å². The maximum absolute atomic E-state index is 12.8. The Bertz CT molecular complexity index is 523. The lowest BCUT2D eigenvalue weighted by Gasteiger charge is -2.17. The molecule has 0 amide bonds. The van der Waals surface area contributed by atoms with Crippen molar-refractivity contribution in [1.82, 2.24) is 4.98 Å². The van der Waals surface area contributed by atoms with Crippen molar-refractivity contribution in [2.45, 2.75) is 25.1 Å². The molecule has 1 atom stereocenters. The summed E-state index contributed by atoms with van der Waals surface area (Å²) in [6.45, 7) is 0. The Labute approximate surface area is 108 Å². The van der Waals surface area contributed by atoms with Crippen LogP contribution in [-0.4, -0.2) is 4.98 Å². The Hall–Kier alpha value is -1.82. The second-order valence-electron chi connectivity index (χ2n) is 4.19. The smallest absolute Gasteiger partial charge is 0.416 e. The molecule has 19 heavy (non-hydrogen) atoms. The molecule has 0 saturated heterocycles. The number of hydrogen-bond acceptors (Lipinski definition) is 3. The number of hydrogen-bond donors (Lipinski definition) is 1. The Morgan fingerprint density at radius 2 is 2.11 bits per heavy atom. The molecule has 102 valence electrons. The first-order valence-corrected chi connectivity index (χ1v) is 5.77. The van der Waals surface area contributed by atoms with Gasteiger partial charge >= 0.3 is 6.18 Å². The highest BCUT2D eigenvalue weighted by Crippen LogP contribution is 2.34. The van der Waals surface area contributed by atoms with Crippen molar-refractivity contribution in [2.75, 3.05) is 0 Å². The van der Waals surface area contributed by atoms with Crippen molar-refractivity contribution < 1.29 is 17.6 Å². The summed E-state index contributed by atoms with van der Waals surface area (Å²) in [6, 6.07) is 3.71. The van der Waals surface area contributed by atoms with E-state index >= 15 is 0 Å². The van der Waals surface area contributed by atoms with Crippen molar-refractivity contribution in [3.05, 3.63) is 53.7 Å². The molecular weight excluding hydrogens is 257 g/mol. The summed E-state index contributed by atoms with van der Waals surface area (Å²) < 4.78 is 43.6. The predicted octanol–water partition coefficient (Wildman–Crippen LogP) is 3.33. The number of pyridine rings is 1. The lowest BCUT2D eigenvalue weighted by atomic mass is 9.99. The van der Waals surface area contributed by atoms with Gasteiger partial charge in [-0.2, -0.15) is 13.2 Å². The zero-order valence-electron chi connectivity index (χ0n) is 10.0. The Morgan fingerprint density at radius 3 is 2.74 bits per heavy atom. The van der Waals surface area contributed by atoms with E-state index in [-0.39, 0.29) is 5.56 Å². The lowest BCUT2D eigenvalue weighted by molar-refractivity contribution is -0.138. The molecule has 2 aromatic rings. The van der Waals surface area contributed by atoms with Gasteiger partial charge in [0.2, 0.25) is 0 Å². The van der Waals surface area contributed by atoms with Crippen LogP contribution in [0.3, 0.4) is 0 Å². The first-order chi connectivity index (χ1) is 8.98. The topological polar surface area (TPSA) is 52.0 Å². The molecule has 0 bridgehead atoms. The fourth-order valence-electron chi connectivity index (χ4n) is 1.87. The van der Waals surface area contributed by atoms with Gasteiger partial charge in [0.15, 0.2) is 0 Å². The normalized spacial score (nSPS) is 13.5. The standard InChI is InChI=1S/C13H13F3N2O/c14-13(15,16)11-5-6-18-8-10(11)12(17)4-3-9-2-1-7-19-9/h1-2,5-8,12H,3-4,17H2.